The number of rotatable bonds is 13. The van der Waals surface area contributed by atoms with Crippen molar-refractivity contribution in [3.63, 3.8) is 0 Å². The average Bonchev–Trinajstić information content (AvgIpc) is 2.75. The fourth-order valence-electron chi connectivity index (χ4n) is 3.46. The van der Waals surface area contributed by atoms with Crippen LogP contribution in [-0.4, -0.2) is 37.0 Å². The summed E-state index contributed by atoms with van der Waals surface area (Å²) in [6, 6.07) is 6.00. The fraction of sp³-hybridized carbons (Fsp3) is 0.458. The van der Waals surface area contributed by atoms with Gasteiger partial charge in [-0.15, -0.1) is 0 Å². The zero-order valence-electron chi connectivity index (χ0n) is 18.4. The highest BCUT2D eigenvalue weighted by atomic mass is 19.1. The number of carboxylic acids is 1. The molecule has 2 N–H and O–H groups in total. The molecule has 0 aliphatic carbocycles. The Hall–Kier alpha value is -2.96. The lowest BCUT2D eigenvalue weighted by Gasteiger charge is -2.14. The van der Waals surface area contributed by atoms with E-state index in [1.54, 1.807) is 12.1 Å². The molecule has 2 aromatic rings. The predicted molar refractivity (Wildman–Crippen MR) is 116 cm³/mol. The van der Waals surface area contributed by atoms with Crippen molar-refractivity contribution in [3.05, 3.63) is 46.8 Å². The Morgan fingerprint density at radius 3 is 2.29 bits per heavy atom. The number of aromatic hydroxyl groups is 1. The summed E-state index contributed by atoms with van der Waals surface area (Å²) in [5.74, 6) is -0.250. The Bertz CT molecular complexity index is 881. The van der Waals surface area contributed by atoms with Gasteiger partial charge >= 0.3 is 5.97 Å². The predicted octanol–water partition coefficient (Wildman–Crippen LogP) is 5.38. The summed E-state index contributed by atoms with van der Waals surface area (Å²) in [5.41, 5.74) is 1.02. The summed E-state index contributed by atoms with van der Waals surface area (Å²) < 4.78 is 30.3. The highest BCUT2D eigenvalue weighted by molar-refractivity contribution is 5.91. The Balaban J connectivity index is 1.80. The second-order valence-electron chi connectivity index (χ2n) is 7.30. The number of unbranched alkanes of at least 4 members (excludes halogenated alkanes) is 3. The molecule has 0 atom stereocenters. The standard InChI is InChI=1S/C24H31FO6/c1-4-9-17-20(12-11-18(23(17)26)24(27)28)31-13-8-6-5-7-10-16-14-21(29-2)22(30-3)15-19(16)25/h11-12,14-15,26H,4-10,13H2,1-3H3,(H,27,28). The smallest absolute Gasteiger partial charge is 0.339 e. The first-order valence-corrected chi connectivity index (χ1v) is 10.5. The highest BCUT2D eigenvalue weighted by Gasteiger charge is 2.17. The monoisotopic (exact) mass is 434 g/mol. The van der Waals surface area contributed by atoms with Gasteiger partial charge in [-0.05, 0) is 49.4 Å². The number of ether oxygens (including phenoxy) is 3. The van der Waals surface area contributed by atoms with Crippen molar-refractivity contribution in [2.24, 2.45) is 0 Å². The summed E-state index contributed by atoms with van der Waals surface area (Å²) in [6.07, 6.45) is 5.39. The Morgan fingerprint density at radius 1 is 0.968 bits per heavy atom. The molecule has 0 radical (unpaired) electrons. The van der Waals surface area contributed by atoms with Crippen LogP contribution in [0.4, 0.5) is 4.39 Å². The molecule has 0 unspecified atom stereocenters. The van der Waals surface area contributed by atoms with E-state index in [9.17, 15) is 14.3 Å². The molecule has 7 heteroatoms. The minimum absolute atomic E-state index is 0.113. The van der Waals surface area contributed by atoms with Gasteiger partial charge in [0.15, 0.2) is 11.5 Å². The zero-order valence-corrected chi connectivity index (χ0v) is 18.4. The number of carboxylic acid groups (broad SMARTS) is 1. The van der Waals surface area contributed by atoms with Crippen LogP contribution >= 0.6 is 0 Å². The van der Waals surface area contributed by atoms with Gasteiger partial charge in [-0.3, -0.25) is 0 Å². The summed E-state index contributed by atoms with van der Waals surface area (Å²) in [4.78, 5) is 11.2. The molecule has 0 saturated heterocycles. The first-order chi connectivity index (χ1) is 14.9. The third-order valence-electron chi connectivity index (χ3n) is 5.12. The van der Waals surface area contributed by atoms with E-state index in [-0.39, 0.29) is 17.1 Å². The first-order valence-electron chi connectivity index (χ1n) is 10.5. The number of hydrogen-bond acceptors (Lipinski definition) is 5. The van der Waals surface area contributed by atoms with E-state index in [0.717, 1.165) is 32.1 Å². The van der Waals surface area contributed by atoms with Crippen molar-refractivity contribution in [1.82, 2.24) is 0 Å². The first kappa shape index (κ1) is 24.3. The van der Waals surface area contributed by atoms with Gasteiger partial charge < -0.3 is 24.4 Å². The molecule has 2 aromatic carbocycles. The molecule has 0 aliphatic heterocycles. The van der Waals surface area contributed by atoms with Gasteiger partial charge in [0, 0.05) is 11.6 Å². The molecule has 170 valence electrons. The topological polar surface area (TPSA) is 85.2 Å². The normalized spacial score (nSPS) is 10.7. The van der Waals surface area contributed by atoms with Gasteiger partial charge in [0.25, 0.3) is 0 Å². The Morgan fingerprint density at radius 2 is 1.65 bits per heavy atom. The number of aromatic carboxylic acids is 1. The number of benzene rings is 2. The summed E-state index contributed by atoms with van der Waals surface area (Å²) in [5, 5.41) is 19.4. The maximum atomic E-state index is 14.2. The summed E-state index contributed by atoms with van der Waals surface area (Å²) in [7, 11) is 3.01. The number of hydrogen-bond donors (Lipinski definition) is 2. The largest absolute Gasteiger partial charge is 0.507 e. The minimum Gasteiger partial charge on any atom is -0.507 e. The zero-order chi connectivity index (χ0) is 22.8. The maximum Gasteiger partial charge on any atom is 0.339 e. The van der Waals surface area contributed by atoms with Crippen LogP contribution in [0.25, 0.3) is 0 Å². The van der Waals surface area contributed by atoms with Crippen LogP contribution < -0.4 is 14.2 Å². The van der Waals surface area contributed by atoms with Crippen LogP contribution in [0.1, 0.15) is 60.5 Å². The lowest BCUT2D eigenvalue weighted by Crippen LogP contribution is -2.04. The molecule has 0 bridgehead atoms. The van der Waals surface area contributed by atoms with E-state index >= 15 is 0 Å². The molecule has 0 heterocycles. The van der Waals surface area contributed by atoms with Crippen molar-refractivity contribution in [1.29, 1.82) is 0 Å². The van der Waals surface area contributed by atoms with Crippen molar-refractivity contribution >= 4 is 5.97 Å². The fourth-order valence-corrected chi connectivity index (χ4v) is 3.46. The summed E-state index contributed by atoms with van der Waals surface area (Å²) >= 11 is 0. The van der Waals surface area contributed by atoms with Gasteiger partial charge in [0.1, 0.15) is 22.9 Å². The molecular weight excluding hydrogens is 403 g/mol. The molecule has 0 saturated carbocycles. The van der Waals surface area contributed by atoms with Crippen LogP contribution in [0.15, 0.2) is 24.3 Å². The lowest BCUT2D eigenvalue weighted by atomic mass is 10.0. The second-order valence-corrected chi connectivity index (χ2v) is 7.30. The third kappa shape index (κ3) is 6.51. The molecule has 0 spiro atoms. The summed E-state index contributed by atoms with van der Waals surface area (Å²) in [6.45, 7) is 2.42. The van der Waals surface area contributed by atoms with E-state index < -0.39 is 5.97 Å². The van der Waals surface area contributed by atoms with Crippen molar-refractivity contribution < 1.29 is 33.6 Å². The third-order valence-corrected chi connectivity index (χ3v) is 5.12. The van der Waals surface area contributed by atoms with Crippen molar-refractivity contribution in [3.8, 4) is 23.0 Å². The molecule has 0 amide bonds. The highest BCUT2D eigenvalue weighted by Crippen LogP contribution is 2.33. The van der Waals surface area contributed by atoms with Crippen molar-refractivity contribution in [2.45, 2.75) is 51.9 Å². The van der Waals surface area contributed by atoms with Crippen LogP contribution in [-0.2, 0) is 12.8 Å². The average molecular weight is 435 g/mol. The Labute approximate surface area is 182 Å². The number of methoxy groups -OCH3 is 2. The SMILES string of the molecule is CCCc1c(OCCCCCCc2cc(OC)c(OC)cc2F)ccc(C(=O)O)c1O. The molecular formula is C24H31FO6. The van der Waals surface area contributed by atoms with Crippen molar-refractivity contribution in [2.75, 3.05) is 20.8 Å². The number of carbonyl (C=O) groups is 1. The van der Waals surface area contributed by atoms with Crippen LogP contribution in [0.5, 0.6) is 23.0 Å². The minimum atomic E-state index is -1.16. The second kappa shape index (κ2) is 12.0. The molecule has 0 aromatic heterocycles. The van der Waals surface area contributed by atoms with E-state index in [2.05, 4.69) is 0 Å². The lowest BCUT2D eigenvalue weighted by molar-refractivity contribution is 0.0693. The van der Waals surface area contributed by atoms with Crippen LogP contribution in [0, 0.1) is 5.82 Å². The van der Waals surface area contributed by atoms with Gasteiger partial charge in [-0.1, -0.05) is 26.2 Å². The van der Waals surface area contributed by atoms with E-state index in [4.69, 9.17) is 19.3 Å². The van der Waals surface area contributed by atoms with Gasteiger partial charge in [-0.2, -0.15) is 0 Å². The molecule has 31 heavy (non-hydrogen) atoms. The Kier molecular flexibility index (Phi) is 9.43. The van der Waals surface area contributed by atoms with E-state index in [1.807, 2.05) is 6.92 Å². The number of phenols is 1. The number of halogens is 1. The van der Waals surface area contributed by atoms with Crippen LogP contribution in [0.3, 0.4) is 0 Å². The maximum absolute atomic E-state index is 14.2. The quantitative estimate of drug-likeness (QED) is 0.412. The van der Waals surface area contributed by atoms with Gasteiger partial charge in [0.2, 0.25) is 0 Å². The molecule has 0 fully saturated rings. The molecule has 6 nitrogen and oxygen atoms in total. The molecule has 2 rings (SSSR count). The van der Waals surface area contributed by atoms with E-state index in [1.165, 1.54) is 26.4 Å². The number of aryl methyl sites for hydroxylation is 1. The van der Waals surface area contributed by atoms with E-state index in [0.29, 0.717) is 47.8 Å². The van der Waals surface area contributed by atoms with Gasteiger partial charge in [0.05, 0.1) is 20.8 Å². The van der Waals surface area contributed by atoms with Crippen LogP contribution in [0.2, 0.25) is 0 Å². The van der Waals surface area contributed by atoms with Gasteiger partial charge in [-0.25, -0.2) is 9.18 Å². The molecule has 0 aliphatic rings.